The Hall–Kier alpha value is -0.820. The molecule has 0 saturated carbocycles. The molecule has 0 bridgehead atoms. The second-order valence-corrected chi connectivity index (χ2v) is 9.63. The Labute approximate surface area is 133 Å². The maximum Gasteiger partial charge on any atom is 0.410 e. The van der Waals surface area contributed by atoms with Crippen LogP contribution in [0.5, 0.6) is 0 Å². The van der Waals surface area contributed by atoms with Crippen molar-refractivity contribution >= 4 is 15.9 Å². The van der Waals surface area contributed by atoms with E-state index in [0.717, 1.165) is 25.8 Å². The number of ether oxygens (including phenoxy) is 1. The molecular formula is C15H28N2O4S. The zero-order valence-corrected chi connectivity index (χ0v) is 14.6. The minimum atomic E-state index is -2.81. The van der Waals surface area contributed by atoms with Gasteiger partial charge in [0.2, 0.25) is 0 Å². The zero-order valence-electron chi connectivity index (χ0n) is 13.8. The highest BCUT2D eigenvalue weighted by Crippen LogP contribution is 2.21. The van der Waals surface area contributed by atoms with Crippen LogP contribution in [-0.2, 0) is 14.6 Å². The van der Waals surface area contributed by atoms with Crippen molar-refractivity contribution in [2.75, 3.05) is 31.1 Å². The van der Waals surface area contributed by atoms with Crippen LogP contribution in [0.25, 0.3) is 0 Å². The van der Waals surface area contributed by atoms with Gasteiger partial charge in [-0.15, -0.1) is 0 Å². The van der Waals surface area contributed by atoms with Gasteiger partial charge in [-0.25, -0.2) is 13.2 Å². The number of nitrogens with one attached hydrogen (secondary N) is 1. The summed E-state index contributed by atoms with van der Waals surface area (Å²) in [5, 5.41) is 3.34. The maximum atomic E-state index is 12.2. The average molecular weight is 332 g/mol. The van der Waals surface area contributed by atoms with E-state index >= 15 is 0 Å². The van der Waals surface area contributed by atoms with E-state index in [1.165, 1.54) is 0 Å². The van der Waals surface area contributed by atoms with Crippen LogP contribution in [0.4, 0.5) is 4.79 Å². The van der Waals surface area contributed by atoms with Crippen molar-refractivity contribution in [1.82, 2.24) is 10.2 Å². The topological polar surface area (TPSA) is 75.7 Å². The average Bonchev–Trinajstić information content (AvgIpc) is 2.94. The maximum absolute atomic E-state index is 12.2. The minimum Gasteiger partial charge on any atom is -0.444 e. The van der Waals surface area contributed by atoms with E-state index in [4.69, 9.17) is 4.74 Å². The molecule has 2 atom stereocenters. The number of hydrogen-bond donors (Lipinski definition) is 1. The molecule has 2 fully saturated rings. The molecule has 0 aromatic rings. The predicted molar refractivity (Wildman–Crippen MR) is 85.6 cm³/mol. The van der Waals surface area contributed by atoms with E-state index < -0.39 is 15.4 Å². The van der Waals surface area contributed by atoms with Gasteiger partial charge in [-0.05, 0) is 52.5 Å². The van der Waals surface area contributed by atoms with Crippen molar-refractivity contribution in [2.45, 2.75) is 51.7 Å². The van der Waals surface area contributed by atoms with Crippen molar-refractivity contribution in [2.24, 2.45) is 5.92 Å². The lowest BCUT2D eigenvalue weighted by Crippen LogP contribution is -2.44. The molecule has 7 heteroatoms. The van der Waals surface area contributed by atoms with Gasteiger partial charge in [-0.3, -0.25) is 0 Å². The summed E-state index contributed by atoms with van der Waals surface area (Å²) in [5.74, 6) is 0.814. The summed E-state index contributed by atoms with van der Waals surface area (Å²) in [6.07, 6.45) is 2.45. The molecule has 0 radical (unpaired) electrons. The second-order valence-electron chi connectivity index (χ2n) is 7.40. The molecule has 2 saturated heterocycles. The van der Waals surface area contributed by atoms with Gasteiger partial charge in [0.15, 0.2) is 9.84 Å². The number of carbonyl (C=O) groups excluding carboxylic acids is 1. The van der Waals surface area contributed by atoms with Gasteiger partial charge in [0, 0.05) is 19.1 Å². The quantitative estimate of drug-likeness (QED) is 0.842. The summed E-state index contributed by atoms with van der Waals surface area (Å²) in [5.41, 5.74) is -0.476. The van der Waals surface area contributed by atoms with Crippen LogP contribution in [0.15, 0.2) is 0 Å². The summed E-state index contributed by atoms with van der Waals surface area (Å²) in [6, 6.07) is 0.146. The molecule has 2 heterocycles. The fraction of sp³-hybridized carbons (Fsp3) is 0.933. The Morgan fingerprint density at radius 1 is 1.27 bits per heavy atom. The zero-order chi connectivity index (χ0) is 16.4. The van der Waals surface area contributed by atoms with E-state index in [1.54, 1.807) is 4.90 Å². The highest BCUT2D eigenvalue weighted by Gasteiger charge is 2.32. The van der Waals surface area contributed by atoms with E-state index in [2.05, 4.69) is 5.32 Å². The molecule has 0 spiro atoms. The monoisotopic (exact) mass is 332 g/mol. The Morgan fingerprint density at radius 3 is 2.59 bits per heavy atom. The van der Waals surface area contributed by atoms with E-state index in [0.29, 0.717) is 24.6 Å². The first-order valence-corrected chi connectivity index (χ1v) is 9.89. The van der Waals surface area contributed by atoms with Gasteiger partial charge in [-0.1, -0.05) is 0 Å². The number of rotatable bonds is 4. The number of likely N-dealkylation sites (tertiary alicyclic amines) is 1. The van der Waals surface area contributed by atoms with Crippen LogP contribution in [0.3, 0.4) is 0 Å². The highest BCUT2D eigenvalue weighted by atomic mass is 32.2. The molecule has 0 aromatic heterocycles. The molecular weight excluding hydrogens is 304 g/mol. The summed E-state index contributed by atoms with van der Waals surface area (Å²) < 4.78 is 28.3. The van der Waals surface area contributed by atoms with Gasteiger partial charge in [0.05, 0.1) is 11.5 Å². The molecule has 2 rings (SSSR count). The van der Waals surface area contributed by atoms with Gasteiger partial charge in [0.25, 0.3) is 0 Å². The van der Waals surface area contributed by atoms with Gasteiger partial charge < -0.3 is 15.0 Å². The lowest BCUT2D eigenvalue weighted by molar-refractivity contribution is 0.0226. The lowest BCUT2D eigenvalue weighted by Gasteiger charge is -2.29. The van der Waals surface area contributed by atoms with Gasteiger partial charge in [-0.2, -0.15) is 0 Å². The number of sulfone groups is 1. The van der Waals surface area contributed by atoms with E-state index in [9.17, 15) is 13.2 Å². The van der Waals surface area contributed by atoms with Crippen LogP contribution in [0.2, 0.25) is 0 Å². The van der Waals surface area contributed by atoms with Crippen molar-refractivity contribution in [3.05, 3.63) is 0 Å². The van der Waals surface area contributed by atoms with Crippen LogP contribution < -0.4 is 5.32 Å². The standard InChI is InChI=1S/C15H28N2O4S/c1-15(2,3)21-14(18)17-7-4-5-13(17)10-16-9-12-6-8-22(19,20)11-12/h12-13,16H,4-11H2,1-3H3. The third kappa shape index (κ3) is 5.12. The molecule has 2 aliphatic heterocycles. The van der Waals surface area contributed by atoms with Crippen molar-refractivity contribution in [1.29, 1.82) is 0 Å². The first-order chi connectivity index (χ1) is 10.2. The third-order valence-electron chi connectivity index (χ3n) is 4.14. The molecule has 2 unspecified atom stereocenters. The van der Waals surface area contributed by atoms with Gasteiger partial charge in [0.1, 0.15) is 5.60 Å². The summed E-state index contributed by atoms with van der Waals surface area (Å²) >= 11 is 0. The van der Waals surface area contributed by atoms with Crippen molar-refractivity contribution in [3.63, 3.8) is 0 Å². The number of hydrogen-bond acceptors (Lipinski definition) is 5. The van der Waals surface area contributed by atoms with E-state index in [1.807, 2.05) is 20.8 Å². The Balaban J connectivity index is 1.76. The summed E-state index contributed by atoms with van der Waals surface area (Å²) in [4.78, 5) is 14.0. The fourth-order valence-corrected chi connectivity index (χ4v) is 4.96. The number of amides is 1. The van der Waals surface area contributed by atoms with Crippen LogP contribution in [-0.4, -0.2) is 62.2 Å². The largest absolute Gasteiger partial charge is 0.444 e. The normalized spacial score (nSPS) is 28.0. The number of nitrogens with zero attached hydrogens (tertiary/aromatic N) is 1. The number of carbonyl (C=O) groups is 1. The van der Waals surface area contributed by atoms with Crippen molar-refractivity contribution < 1.29 is 17.9 Å². The predicted octanol–water partition coefficient (Wildman–Crippen LogP) is 1.41. The molecule has 6 nitrogen and oxygen atoms in total. The summed E-state index contributed by atoms with van der Waals surface area (Å²) in [7, 11) is -2.81. The molecule has 128 valence electrons. The minimum absolute atomic E-state index is 0.146. The van der Waals surface area contributed by atoms with Gasteiger partial charge >= 0.3 is 6.09 Å². The Morgan fingerprint density at radius 2 is 2.00 bits per heavy atom. The molecule has 1 N–H and O–H groups in total. The molecule has 2 aliphatic rings. The second kappa shape index (κ2) is 6.74. The van der Waals surface area contributed by atoms with Crippen LogP contribution >= 0.6 is 0 Å². The molecule has 0 aliphatic carbocycles. The first kappa shape index (κ1) is 17.5. The van der Waals surface area contributed by atoms with Crippen molar-refractivity contribution in [3.8, 4) is 0 Å². The molecule has 0 aromatic carbocycles. The highest BCUT2D eigenvalue weighted by molar-refractivity contribution is 7.91. The molecule has 22 heavy (non-hydrogen) atoms. The Bertz CT molecular complexity index is 498. The lowest BCUT2D eigenvalue weighted by atomic mass is 10.1. The Kier molecular flexibility index (Phi) is 5.37. The first-order valence-electron chi connectivity index (χ1n) is 8.07. The smallest absolute Gasteiger partial charge is 0.410 e. The van der Waals surface area contributed by atoms with Crippen LogP contribution in [0.1, 0.15) is 40.0 Å². The van der Waals surface area contributed by atoms with Crippen LogP contribution in [0, 0.1) is 5.92 Å². The van der Waals surface area contributed by atoms with E-state index in [-0.39, 0.29) is 18.1 Å². The molecule has 1 amide bonds. The SMILES string of the molecule is CC(C)(C)OC(=O)N1CCCC1CNCC1CCS(=O)(=O)C1. The fourth-order valence-electron chi connectivity index (χ4n) is 3.10. The summed E-state index contributed by atoms with van der Waals surface area (Å²) in [6.45, 7) is 7.75. The third-order valence-corrected chi connectivity index (χ3v) is 5.98.